The average molecular weight is 304 g/mol. The van der Waals surface area contributed by atoms with Crippen LogP contribution in [0.15, 0.2) is 47.5 Å². The Bertz CT molecular complexity index is 694. The van der Waals surface area contributed by atoms with Gasteiger partial charge in [-0.05, 0) is 40.2 Å². The minimum atomic E-state index is 0.794. The van der Waals surface area contributed by atoms with E-state index in [1.54, 1.807) is 19.5 Å². The second kappa shape index (κ2) is 4.42. The normalized spacial score (nSPS) is 10.8. The molecule has 0 bridgehead atoms. The van der Waals surface area contributed by atoms with Crippen LogP contribution in [0.3, 0.4) is 0 Å². The highest BCUT2D eigenvalue weighted by atomic mass is 79.9. The number of ether oxygens (including phenoxy) is 1. The predicted octanol–water partition coefficient (Wildman–Crippen LogP) is 3.17. The number of imidazole rings is 1. The topological polar surface area (TPSA) is 39.4 Å². The molecule has 0 amide bonds. The van der Waals surface area contributed by atoms with Crippen molar-refractivity contribution < 1.29 is 4.74 Å². The van der Waals surface area contributed by atoms with Gasteiger partial charge in [0.15, 0.2) is 0 Å². The van der Waals surface area contributed by atoms with E-state index in [1.165, 1.54) is 0 Å². The van der Waals surface area contributed by atoms with Gasteiger partial charge < -0.3 is 4.74 Å². The molecule has 0 radical (unpaired) electrons. The van der Waals surface area contributed by atoms with E-state index in [9.17, 15) is 0 Å². The summed E-state index contributed by atoms with van der Waals surface area (Å²) in [6.45, 7) is 0. The number of hydrogen-bond donors (Lipinski definition) is 0. The molecule has 0 saturated heterocycles. The van der Waals surface area contributed by atoms with Crippen molar-refractivity contribution in [3.05, 3.63) is 47.5 Å². The number of halogens is 1. The third-order valence-corrected chi connectivity index (χ3v) is 3.32. The van der Waals surface area contributed by atoms with Crippen molar-refractivity contribution in [2.24, 2.45) is 0 Å². The fourth-order valence-electron chi connectivity index (χ4n) is 1.85. The number of methoxy groups -OCH3 is 1. The molecule has 0 aliphatic carbocycles. The van der Waals surface area contributed by atoms with Crippen LogP contribution in [0.5, 0.6) is 5.75 Å². The summed E-state index contributed by atoms with van der Waals surface area (Å²) in [5, 5.41) is 0. The van der Waals surface area contributed by atoms with Gasteiger partial charge in [0.25, 0.3) is 0 Å². The van der Waals surface area contributed by atoms with Crippen molar-refractivity contribution in [2.45, 2.75) is 0 Å². The lowest BCUT2D eigenvalue weighted by atomic mass is 10.2. The van der Waals surface area contributed by atoms with E-state index in [1.807, 2.05) is 34.9 Å². The largest absolute Gasteiger partial charge is 0.495 e. The van der Waals surface area contributed by atoms with E-state index >= 15 is 0 Å². The minimum Gasteiger partial charge on any atom is -0.495 e. The summed E-state index contributed by atoms with van der Waals surface area (Å²) in [7, 11) is 1.65. The summed E-state index contributed by atoms with van der Waals surface area (Å²) in [6.07, 6.45) is 5.43. The molecule has 90 valence electrons. The molecule has 0 N–H and O–H groups in total. The second-order valence-corrected chi connectivity index (χ2v) is 4.54. The van der Waals surface area contributed by atoms with E-state index < -0.39 is 0 Å². The first-order chi connectivity index (χ1) is 8.79. The maximum Gasteiger partial charge on any atom is 0.146 e. The number of aromatic nitrogens is 3. The molecule has 0 aliphatic heterocycles. The standard InChI is InChI=1S/C13H10BrN3O/c1-18-10-2-3-11-12(14)16-13(17(11)8-10)9-4-6-15-7-5-9/h2-8H,1H3. The van der Waals surface area contributed by atoms with Crippen LogP contribution in [0.1, 0.15) is 0 Å². The number of nitrogens with zero attached hydrogens (tertiary/aromatic N) is 3. The molecular weight excluding hydrogens is 294 g/mol. The molecule has 0 fully saturated rings. The third-order valence-electron chi connectivity index (χ3n) is 2.74. The monoisotopic (exact) mass is 303 g/mol. The van der Waals surface area contributed by atoms with Crippen LogP contribution in [0.25, 0.3) is 16.9 Å². The van der Waals surface area contributed by atoms with Crippen LogP contribution in [0, 0.1) is 0 Å². The summed E-state index contributed by atoms with van der Waals surface area (Å²) < 4.78 is 8.06. The molecule has 0 atom stereocenters. The number of fused-ring (bicyclic) bond motifs is 1. The number of pyridine rings is 2. The van der Waals surface area contributed by atoms with Gasteiger partial charge in [0.2, 0.25) is 0 Å². The minimum absolute atomic E-state index is 0.794. The molecule has 0 aromatic carbocycles. The van der Waals surface area contributed by atoms with E-state index in [0.29, 0.717) is 0 Å². The second-order valence-electron chi connectivity index (χ2n) is 3.79. The number of rotatable bonds is 2. The van der Waals surface area contributed by atoms with E-state index in [4.69, 9.17) is 4.74 Å². The zero-order valence-corrected chi connectivity index (χ0v) is 11.3. The lowest BCUT2D eigenvalue weighted by molar-refractivity contribution is 0.412. The molecule has 3 heterocycles. The lowest BCUT2D eigenvalue weighted by Crippen LogP contribution is -1.91. The van der Waals surface area contributed by atoms with Crippen LogP contribution in [-0.2, 0) is 0 Å². The van der Waals surface area contributed by atoms with Crippen molar-refractivity contribution in [3.63, 3.8) is 0 Å². The van der Waals surface area contributed by atoms with Gasteiger partial charge in [0.1, 0.15) is 16.2 Å². The van der Waals surface area contributed by atoms with Crippen molar-refractivity contribution >= 4 is 21.4 Å². The smallest absolute Gasteiger partial charge is 0.146 e. The summed E-state index contributed by atoms with van der Waals surface area (Å²) in [4.78, 5) is 8.55. The zero-order valence-electron chi connectivity index (χ0n) is 9.67. The van der Waals surface area contributed by atoms with Gasteiger partial charge in [0.05, 0.1) is 18.8 Å². The molecule has 5 heteroatoms. The van der Waals surface area contributed by atoms with Gasteiger partial charge in [-0.25, -0.2) is 4.98 Å². The van der Waals surface area contributed by atoms with Crippen molar-refractivity contribution in [1.29, 1.82) is 0 Å². The maximum absolute atomic E-state index is 5.25. The summed E-state index contributed by atoms with van der Waals surface area (Å²) in [5.41, 5.74) is 2.02. The highest BCUT2D eigenvalue weighted by Crippen LogP contribution is 2.27. The Balaban J connectivity index is 2.29. The Morgan fingerprint density at radius 1 is 1.17 bits per heavy atom. The third kappa shape index (κ3) is 1.76. The fourth-order valence-corrected chi connectivity index (χ4v) is 2.35. The Labute approximate surface area is 112 Å². The first-order valence-corrected chi connectivity index (χ1v) is 6.21. The van der Waals surface area contributed by atoms with Crippen LogP contribution < -0.4 is 4.74 Å². The SMILES string of the molecule is COc1ccc2c(Br)nc(-c3ccncc3)n2c1. The first-order valence-electron chi connectivity index (χ1n) is 5.41. The van der Waals surface area contributed by atoms with Crippen molar-refractivity contribution in [1.82, 2.24) is 14.4 Å². The van der Waals surface area contributed by atoms with Crippen molar-refractivity contribution in [3.8, 4) is 17.1 Å². The zero-order chi connectivity index (χ0) is 12.5. The predicted molar refractivity (Wildman–Crippen MR) is 72.7 cm³/mol. The molecule has 3 rings (SSSR count). The average Bonchev–Trinajstić information content (AvgIpc) is 2.76. The Morgan fingerprint density at radius 3 is 2.67 bits per heavy atom. The Hall–Kier alpha value is -1.88. The maximum atomic E-state index is 5.25. The van der Waals surface area contributed by atoms with Gasteiger partial charge in [-0.15, -0.1) is 0 Å². The Kier molecular flexibility index (Phi) is 2.76. The molecule has 3 aromatic rings. The molecule has 18 heavy (non-hydrogen) atoms. The van der Waals surface area contributed by atoms with Gasteiger partial charge in [-0.1, -0.05) is 0 Å². The lowest BCUT2D eigenvalue weighted by Gasteiger charge is -2.03. The summed E-state index contributed by atoms with van der Waals surface area (Å²) in [6, 6.07) is 7.75. The van der Waals surface area contributed by atoms with Crippen LogP contribution in [0.4, 0.5) is 0 Å². The van der Waals surface area contributed by atoms with Gasteiger partial charge in [-0.2, -0.15) is 0 Å². The van der Waals surface area contributed by atoms with E-state index in [0.717, 1.165) is 27.3 Å². The molecular formula is C13H10BrN3O. The molecule has 3 aromatic heterocycles. The molecule has 0 spiro atoms. The molecule has 0 unspecified atom stereocenters. The van der Waals surface area contributed by atoms with Crippen molar-refractivity contribution in [2.75, 3.05) is 7.11 Å². The molecule has 4 nitrogen and oxygen atoms in total. The molecule has 0 saturated carbocycles. The highest BCUT2D eigenvalue weighted by molar-refractivity contribution is 9.10. The fraction of sp³-hybridized carbons (Fsp3) is 0.0769. The van der Waals surface area contributed by atoms with Gasteiger partial charge >= 0.3 is 0 Å². The molecule has 0 aliphatic rings. The van der Waals surface area contributed by atoms with E-state index in [2.05, 4.69) is 25.9 Å². The van der Waals surface area contributed by atoms with Crippen LogP contribution in [0.2, 0.25) is 0 Å². The van der Waals surface area contributed by atoms with E-state index in [-0.39, 0.29) is 0 Å². The van der Waals surface area contributed by atoms with Gasteiger partial charge in [0, 0.05) is 18.0 Å². The first kappa shape index (κ1) is 11.2. The van der Waals surface area contributed by atoms with Crippen LogP contribution in [-0.4, -0.2) is 21.5 Å². The number of hydrogen-bond acceptors (Lipinski definition) is 3. The Morgan fingerprint density at radius 2 is 1.94 bits per heavy atom. The highest BCUT2D eigenvalue weighted by Gasteiger charge is 2.11. The van der Waals surface area contributed by atoms with Crippen LogP contribution >= 0.6 is 15.9 Å². The summed E-state index contributed by atoms with van der Waals surface area (Å²) in [5.74, 6) is 1.65. The summed E-state index contributed by atoms with van der Waals surface area (Å²) >= 11 is 3.47. The quantitative estimate of drug-likeness (QED) is 0.730. The van der Waals surface area contributed by atoms with Gasteiger partial charge in [-0.3, -0.25) is 9.38 Å².